The summed E-state index contributed by atoms with van der Waals surface area (Å²) >= 11 is 7.48. The van der Waals surface area contributed by atoms with Crippen LogP contribution in [0.1, 0.15) is 23.7 Å². The van der Waals surface area contributed by atoms with Crippen LogP contribution >= 0.6 is 23.4 Å². The van der Waals surface area contributed by atoms with Crippen LogP contribution in [0.2, 0.25) is 5.02 Å². The smallest absolute Gasteiger partial charge is 0.191 e. The lowest BCUT2D eigenvalue weighted by molar-refractivity contribution is 0.597. The summed E-state index contributed by atoms with van der Waals surface area (Å²) in [4.78, 5) is 0. The third kappa shape index (κ3) is 4.24. The fraction of sp³-hybridized carbons (Fsp3) is 0.375. The van der Waals surface area contributed by atoms with Crippen LogP contribution in [-0.2, 0) is 22.1 Å². The monoisotopic (exact) mass is 401 g/mol. The van der Waals surface area contributed by atoms with Crippen LogP contribution in [-0.4, -0.2) is 34.7 Å². The molecule has 3 rings (SSSR count). The fourth-order valence-corrected chi connectivity index (χ4v) is 5.80. The van der Waals surface area contributed by atoms with E-state index in [4.69, 9.17) is 11.6 Å². The second kappa shape index (κ2) is 7.47. The standard InChI is InChI=1S/C16H17ClFN3O2S2/c1-2-6-21-15(12-5-7-25(22,23)10-12)19-20-16(21)24-9-11-3-4-13(18)8-14(11)17/h2-4,8,12H,1,5-7,9-10H2. The number of benzene rings is 1. The number of rotatable bonds is 6. The highest BCUT2D eigenvalue weighted by molar-refractivity contribution is 7.98. The second-order valence-electron chi connectivity index (χ2n) is 5.86. The van der Waals surface area contributed by atoms with Crippen molar-refractivity contribution >= 4 is 33.2 Å². The molecule has 1 fully saturated rings. The van der Waals surface area contributed by atoms with Crippen molar-refractivity contribution in [1.82, 2.24) is 14.8 Å². The number of aromatic nitrogens is 3. The van der Waals surface area contributed by atoms with Crippen molar-refractivity contribution in [1.29, 1.82) is 0 Å². The van der Waals surface area contributed by atoms with Crippen LogP contribution < -0.4 is 0 Å². The van der Waals surface area contributed by atoms with Gasteiger partial charge in [-0.1, -0.05) is 35.5 Å². The molecule has 0 N–H and O–H groups in total. The highest BCUT2D eigenvalue weighted by Gasteiger charge is 2.33. The largest absolute Gasteiger partial charge is 0.302 e. The third-order valence-electron chi connectivity index (χ3n) is 4.03. The molecule has 2 heterocycles. The van der Waals surface area contributed by atoms with Crippen molar-refractivity contribution in [2.24, 2.45) is 0 Å². The molecule has 5 nitrogen and oxygen atoms in total. The van der Waals surface area contributed by atoms with Gasteiger partial charge in [-0.15, -0.1) is 16.8 Å². The minimum absolute atomic E-state index is 0.108. The molecular formula is C16H17ClFN3O2S2. The molecular weight excluding hydrogens is 385 g/mol. The minimum atomic E-state index is -3.00. The van der Waals surface area contributed by atoms with Gasteiger partial charge in [0.05, 0.1) is 11.5 Å². The van der Waals surface area contributed by atoms with Crippen molar-refractivity contribution in [2.75, 3.05) is 11.5 Å². The lowest BCUT2D eigenvalue weighted by Gasteiger charge is -2.11. The van der Waals surface area contributed by atoms with Gasteiger partial charge in [-0.3, -0.25) is 0 Å². The highest BCUT2D eigenvalue weighted by Crippen LogP contribution is 2.32. The number of thioether (sulfide) groups is 1. The molecule has 0 aliphatic carbocycles. The van der Waals surface area contributed by atoms with Gasteiger partial charge in [0.25, 0.3) is 0 Å². The van der Waals surface area contributed by atoms with Crippen LogP contribution in [0.5, 0.6) is 0 Å². The zero-order valence-corrected chi connectivity index (χ0v) is 15.7. The van der Waals surface area contributed by atoms with Crippen LogP contribution in [0, 0.1) is 5.82 Å². The van der Waals surface area contributed by atoms with Gasteiger partial charge in [0, 0.05) is 23.2 Å². The molecule has 25 heavy (non-hydrogen) atoms. The summed E-state index contributed by atoms with van der Waals surface area (Å²) < 4.78 is 38.5. The van der Waals surface area contributed by atoms with Crippen molar-refractivity contribution in [3.05, 3.63) is 53.1 Å². The predicted molar refractivity (Wildman–Crippen MR) is 97.2 cm³/mol. The number of halogens is 2. The Labute approximate surface area is 155 Å². The van der Waals surface area contributed by atoms with Gasteiger partial charge in [0.2, 0.25) is 0 Å². The number of sulfone groups is 1. The minimum Gasteiger partial charge on any atom is -0.302 e. The van der Waals surface area contributed by atoms with E-state index in [-0.39, 0.29) is 23.2 Å². The summed E-state index contributed by atoms with van der Waals surface area (Å²) in [6.07, 6.45) is 2.29. The van der Waals surface area contributed by atoms with E-state index in [1.165, 1.54) is 23.9 Å². The van der Waals surface area contributed by atoms with Crippen molar-refractivity contribution in [3.63, 3.8) is 0 Å². The molecule has 0 bridgehead atoms. The number of allylic oxidation sites excluding steroid dienone is 1. The average Bonchev–Trinajstić information content (AvgIpc) is 3.10. The molecule has 1 unspecified atom stereocenters. The zero-order chi connectivity index (χ0) is 18.0. The van der Waals surface area contributed by atoms with Crippen molar-refractivity contribution < 1.29 is 12.8 Å². The molecule has 9 heteroatoms. The van der Waals surface area contributed by atoms with E-state index in [1.54, 1.807) is 12.1 Å². The number of hydrogen-bond acceptors (Lipinski definition) is 5. The second-order valence-corrected chi connectivity index (χ2v) is 9.44. The maximum absolute atomic E-state index is 13.1. The van der Waals surface area contributed by atoms with Crippen molar-refractivity contribution in [2.45, 2.75) is 29.8 Å². The van der Waals surface area contributed by atoms with Gasteiger partial charge < -0.3 is 4.57 Å². The molecule has 0 amide bonds. The zero-order valence-electron chi connectivity index (χ0n) is 13.4. The predicted octanol–water partition coefficient (Wildman–Crippen LogP) is 3.45. The normalized spacial score (nSPS) is 19.2. The first-order valence-corrected chi connectivity index (χ1v) is 10.9. The Hall–Kier alpha value is -1.38. The molecule has 0 saturated carbocycles. The number of hydrogen-bond donors (Lipinski definition) is 0. The summed E-state index contributed by atoms with van der Waals surface area (Å²) in [6, 6.07) is 4.29. The highest BCUT2D eigenvalue weighted by atomic mass is 35.5. The maximum Gasteiger partial charge on any atom is 0.191 e. The van der Waals surface area contributed by atoms with Crippen LogP contribution in [0.25, 0.3) is 0 Å². The van der Waals surface area contributed by atoms with Gasteiger partial charge >= 0.3 is 0 Å². The molecule has 2 aromatic rings. The number of nitrogens with zero attached hydrogens (tertiary/aromatic N) is 3. The van der Waals surface area contributed by atoms with Gasteiger partial charge in [-0.2, -0.15) is 0 Å². The molecule has 1 atom stereocenters. The molecule has 1 aromatic carbocycles. The lowest BCUT2D eigenvalue weighted by Crippen LogP contribution is -2.11. The van der Waals surface area contributed by atoms with Crippen LogP contribution in [0.4, 0.5) is 4.39 Å². The first-order chi connectivity index (χ1) is 11.9. The van der Waals surface area contributed by atoms with E-state index in [9.17, 15) is 12.8 Å². The molecule has 134 valence electrons. The first-order valence-electron chi connectivity index (χ1n) is 7.71. The Morgan fingerprint density at radius 1 is 1.44 bits per heavy atom. The van der Waals surface area contributed by atoms with E-state index in [2.05, 4.69) is 16.8 Å². The molecule has 1 saturated heterocycles. The lowest BCUT2D eigenvalue weighted by atomic mass is 10.1. The van der Waals surface area contributed by atoms with E-state index < -0.39 is 9.84 Å². The van der Waals surface area contributed by atoms with Gasteiger partial charge in [-0.05, 0) is 24.1 Å². The summed E-state index contributed by atoms with van der Waals surface area (Å²) in [5.41, 5.74) is 0.797. The quantitative estimate of drug-likeness (QED) is 0.548. The average molecular weight is 402 g/mol. The Bertz CT molecular complexity index is 899. The topological polar surface area (TPSA) is 64.8 Å². The maximum atomic E-state index is 13.1. The Balaban J connectivity index is 1.80. The van der Waals surface area contributed by atoms with Gasteiger partial charge in [0.15, 0.2) is 15.0 Å². The molecule has 1 aliphatic heterocycles. The van der Waals surface area contributed by atoms with Crippen molar-refractivity contribution in [3.8, 4) is 0 Å². The van der Waals surface area contributed by atoms with Gasteiger partial charge in [0.1, 0.15) is 11.6 Å². The molecule has 0 spiro atoms. The van der Waals surface area contributed by atoms with Crippen LogP contribution in [0.3, 0.4) is 0 Å². The Morgan fingerprint density at radius 3 is 2.88 bits per heavy atom. The summed E-state index contributed by atoms with van der Waals surface area (Å²) in [5, 5.41) is 9.46. The molecule has 1 aliphatic rings. The van der Waals surface area contributed by atoms with E-state index >= 15 is 0 Å². The van der Waals surface area contributed by atoms with Gasteiger partial charge in [-0.25, -0.2) is 12.8 Å². The van der Waals surface area contributed by atoms with Crippen LogP contribution in [0.15, 0.2) is 36.0 Å². The fourth-order valence-electron chi connectivity index (χ4n) is 2.79. The molecule has 0 radical (unpaired) electrons. The summed E-state index contributed by atoms with van der Waals surface area (Å²) in [6.45, 7) is 4.25. The SMILES string of the molecule is C=CCn1c(SCc2ccc(F)cc2Cl)nnc1C1CCS(=O)(=O)C1. The third-order valence-corrected chi connectivity index (χ3v) is 7.16. The first kappa shape index (κ1) is 18.4. The summed E-state index contributed by atoms with van der Waals surface area (Å²) in [5.74, 6) is 0.966. The van der Waals surface area contributed by atoms with E-state index in [0.717, 1.165) is 5.56 Å². The summed E-state index contributed by atoms with van der Waals surface area (Å²) in [7, 11) is -3.00. The molecule has 1 aromatic heterocycles. The van der Waals surface area contributed by atoms with E-state index in [0.29, 0.717) is 34.7 Å². The Morgan fingerprint density at radius 2 is 2.24 bits per heavy atom. The Kier molecular flexibility index (Phi) is 5.50. The van der Waals surface area contributed by atoms with E-state index in [1.807, 2.05) is 4.57 Å².